The van der Waals surface area contributed by atoms with Gasteiger partial charge >= 0.3 is 5.97 Å². The summed E-state index contributed by atoms with van der Waals surface area (Å²) < 4.78 is 4.58. The molecule has 2 rings (SSSR count). The third kappa shape index (κ3) is 2.34. The normalized spacial score (nSPS) is 10.4. The number of methoxy groups -OCH3 is 1. The molecule has 0 spiro atoms. The summed E-state index contributed by atoms with van der Waals surface area (Å²) in [6, 6.07) is 5.66. The Morgan fingerprint density at radius 2 is 2.35 bits per heavy atom. The lowest BCUT2D eigenvalue weighted by Gasteiger charge is -2.03. The number of aromatic nitrogens is 1. The quantitative estimate of drug-likeness (QED) is 0.513. The van der Waals surface area contributed by atoms with Crippen LogP contribution in [0.2, 0.25) is 0 Å². The Bertz CT molecular complexity index is 562. The van der Waals surface area contributed by atoms with Crippen molar-refractivity contribution in [2.24, 2.45) is 0 Å². The molecule has 0 saturated carbocycles. The molecule has 0 saturated heterocycles. The number of esters is 1. The zero-order valence-corrected chi connectivity index (χ0v) is 10.0. The molecule has 5 heteroatoms. The first kappa shape index (κ1) is 11.7. The molecule has 0 bridgehead atoms. The van der Waals surface area contributed by atoms with Crippen molar-refractivity contribution in [3.8, 4) is 0 Å². The van der Waals surface area contributed by atoms with Crippen LogP contribution in [0.5, 0.6) is 0 Å². The van der Waals surface area contributed by atoms with Crippen molar-refractivity contribution in [1.82, 2.24) is 4.98 Å². The second-order valence-electron chi connectivity index (χ2n) is 3.41. The summed E-state index contributed by atoms with van der Waals surface area (Å²) in [5.41, 5.74) is 1.50. The standard InChI is InChI=1S/C12H11NO3S/c1-16-11(15)7-17-10-4-2-3-9-12(10)8(6-14)5-13-9/h2-6,13H,7H2,1H3. The SMILES string of the molecule is COC(=O)CSc1cccc2[nH]cc(C=O)c12. The van der Waals surface area contributed by atoms with Crippen LogP contribution < -0.4 is 0 Å². The number of ether oxygens (including phenoxy) is 1. The van der Waals surface area contributed by atoms with Gasteiger partial charge in [0, 0.05) is 27.6 Å². The number of benzene rings is 1. The van der Waals surface area contributed by atoms with Gasteiger partial charge in [-0.2, -0.15) is 0 Å². The molecule has 0 amide bonds. The fraction of sp³-hybridized carbons (Fsp3) is 0.167. The Kier molecular flexibility index (Phi) is 3.49. The molecule has 0 aliphatic carbocycles. The molecule has 0 unspecified atom stereocenters. The fourth-order valence-corrected chi connectivity index (χ4v) is 2.52. The summed E-state index contributed by atoms with van der Waals surface area (Å²) in [5, 5.41) is 0.858. The Balaban J connectivity index is 2.35. The van der Waals surface area contributed by atoms with Gasteiger partial charge in [-0.25, -0.2) is 0 Å². The van der Waals surface area contributed by atoms with E-state index in [9.17, 15) is 9.59 Å². The highest BCUT2D eigenvalue weighted by Gasteiger charge is 2.10. The molecule has 4 nitrogen and oxygen atoms in total. The van der Waals surface area contributed by atoms with Crippen molar-refractivity contribution < 1.29 is 14.3 Å². The van der Waals surface area contributed by atoms with E-state index in [1.807, 2.05) is 18.2 Å². The maximum absolute atomic E-state index is 11.1. The molecule has 0 aliphatic heterocycles. The Hall–Kier alpha value is -1.75. The van der Waals surface area contributed by atoms with E-state index in [2.05, 4.69) is 9.72 Å². The lowest BCUT2D eigenvalue weighted by atomic mass is 10.2. The van der Waals surface area contributed by atoms with E-state index < -0.39 is 0 Å². The molecular weight excluding hydrogens is 238 g/mol. The van der Waals surface area contributed by atoms with Gasteiger partial charge in [0.1, 0.15) is 0 Å². The van der Waals surface area contributed by atoms with Crippen molar-refractivity contribution in [3.63, 3.8) is 0 Å². The topological polar surface area (TPSA) is 59.2 Å². The second kappa shape index (κ2) is 5.05. The van der Waals surface area contributed by atoms with Crippen LogP contribution in [0, 0.1) is 0 Å². The molecule has 0 aliphatic rings. The average Bonchev–Trinajstić information content (AvgIpc) is 2.79. The molecule has 17 heavy (non-hydrogen) atoms. The van der Waals surface area contributed by atoms with Crippen molar-refractivity contribution in [2.45, 2.75) is 4.90 Å². The Labute approximate surface area is 102 Å². The minimum Gasteiger partial charge on any atom is -0.468 e. The zero-order valence-electron chi connectivity index (χ0n) is 9.23. The van der Waals surface area contributed by atoms with E-state index in [1.54, 1.807) is 6.20 Å². The summed E-state index contributed by atoms with van der Waals surface area (Å²) in [4.78, 5) is 25.9. The van der Waals surface area contributed by atoms with Crippen LogP contribution in [0.15, 0.2) is 29.3 Å². The van der Waals surface area contributed by atoms with Crippen LogP contribution in [0.3, 0.4) is 0 Å². The lowest BCUT2D eigenvalue weighted by molar-refractivity contribution is -0.137. The van der Waals surface area contributed by atoms with Gasteiger partial charge in [0.05, 0.1) is 12.9 Å². The number of hydrogen-bond donors (Lipinski definition) is 1. The molecule has 0 radical (unpaired) electrons. The zero-order chi connectivity index (χ0) is 12.3. The van der Waals surface area contributed by atoms with Gasteiger partial charge in [-0.05, 0) is 12.1 Å². The first-order valence-electron chi connectivity index (χ1n) is 5.01. The van der Waals surface area contributed by atoms with Gasteiger partial charge in [0.15, 0.2) is 6.29 Å². The third-order valence-corrected chi connectivity index (χ3v) is 3.43. The summed E-state index contributed by atoms with van der Waals surface area (Å²) in [6.45, 7) is 0. The van der Waals surface area contributed by atoms with E-state index in [0.29, 0.717) is 5.56 Å². The number of thioether (sulfide) groups is 1. The lowest BCUT2D eigenvalue weighted by Crippen LogP contribution is -2.02. The smallest absolute Gasteiger partial charge is 0.315 e. The number of carbonyl (C=O) groups excluding carboxylic acids is 2. The summed E-state index contributed by atoms with van der Waals surface area (Å²) in [7, 11) is 1.36. The number of fused-ring (bicyclic) bond motifs is 1. The first-order valence-corrected chi connectivity index (χ1v) is 5.99. The number of hydrogen-bond acceptors (Lipinski definition) is 4. The minimum absolute atomic E-state index is 0.235. The first-order chi connectivity index (χ1) is 8.26. The van der Waals surface area contributed by atoms with Gasteiger partial charge in [-0.3, -0.25) is 9.59 Å². The number of aromatic amines is 1. The van der Waals surface area contributed by atoms with Gasteiger partial charge in [0.25, 0.3) is 0 Å². The van der Waals surface area contributed by atoms with Crippen molar-refractivity contribution in [2.75, 3.05) is 12.9 Å². The molecule has 1 N–H and O–H groups in total. The third-order valence-electron chi connectivity index (χ3n) is 2.40. The van der Waals surface area contributed by atoms with Gasteiger partial charge in [-0.15, -0.1) is 11.8 Å². The van der Waals surface area contributed by atoms with Crippen molar-refractivity contribution in [3.05, 3.63) is 30.0 Å². The Morgan fingerprint density at radius 3 is 3.06 bits per heavy atom. The monoisotopic (exact) mass is 249 g/mol. The van der Waals surface area contributed by atoms with Gasteiger partial charge < -0.3 is 9.72 Å². The van der Waals surface area contributed by atoms with Crippen LogP contribution in [0.1, 0.15) is 10.4 Å². The van der Waals surface area contributed by atoms with E-state index in [1.165, 1.54) is 18.9 Å². The van der Waals surface area contributed by atoms with Crippen LogP contribution in [0.25, 0.3) is 10.9 Å². The molecule has 1 aromatic carbocycles. The second-order valence-corrected chi connectivity index (χ2v) is 4.42. The maximum atomic E-state index is 11.1. The maximum Gasteiger partial charge on any atom is 0.315 e. The van der Waals surface area contributed by atoms with Crippen molar-refractivity contribution in [1.29, 1.82) is 0 Å². The predicted octanol–water partition coefficient (Wildman–Crippen LogP) is 2.25. The molecule has 88 valence electrons. The van der Waals surface area contributed by atoms with Crippen LogP contribution in [-0.4, -0.2) is 30.1 Å². The minimum atomic E-state index is -0.282. The molecule has 1 aromatic heterocycles. The average molecular weight is 249 g/mol. The molecule has 2 aromatic rings. The molecular formula is C12H11NO3S. The summed E-state index contributed by atoms with van der Waals surface area (Å²) in [5.74, 6) is -0.0470. The highest BCUT2D eigenvalue weighted by Crippen LogP contribution is 2.29. The van der Waals surface area contributed by atoms with Crippen molar-refractivity contribution >= 4 is 34.9 Å². The Morgan fingerprint density at radius 1 is 1.53 bits per heavy atom. The van der Waals surface area contributed by atoms with E-state index in [4.69, 9.17) is 0 Å². The highest BCUT2D eigenvalue weighted by atomic mass is 32.2. The fourth-order valence-electron chi connectivity index (χ4n) is 1.59. The molecule has 0 atom stereocenters. The van der Waals surface area contributed by atoms with Gasteiger partial charge in [-0.1, -0.05) is 6.07 Å². The molecule has 1 heterocycles. The number of nitrogens with one attached hydrogen (secondary N) is 1. The molecule has 0 fully saturated rings. The van der Waals surface area contributed by atoms with Gasteiger partial charge in [0.2, 0.25) is 0 Å². The number of aldehydes is 1. The van der Waals surface area contributed by atoms with Crippen LogP contribution >= 0.6 is 11.8 Å². The number of rotatable bonds is 4. The van der Waals surface area contributed by atoms with E-state index in [0.717, 1.165) is 22.1 Å². The summed E-state index contributed by atoms with van der Waals surface area (Å²) >= 11 is 1.36. The number of H-pyrrole nitrogens is 1. The number of carbonyl (C=O) groups is 2. The van der Waals surface area contributed by atoms with Crippen LogP contribution in [-0.2, 0) is 9.53 Å². The highest BCUT2D eigenvalue weighted by molar-refractivity contribution is 8.00. The summed E-state index contributed by atoms with van der Waals surface area (Å²) in [6.07, 6.45) is 2.47. The largest absolute Gasteiger partial charge is 0.468 e. The van der Waals surface area contributed by atoms with E-state index >= 15 is 0 Å². The van der Waals surface area contributed by atoms with E-state index in [-0.39, 0.29) is 11.7 Å². The van der Waals surface area contributed by atoms with Crippen LogP contribution in [0.4, 0.5) is 0 Å². The predicted molar refractivity (Wildman–Crippen MR) is 66.4 cm³/mol.